The number of aliphatic hydroxyl groups is 2. The summed E-state index contributed by atoms with van der Waals surface area (Å²) < 4.78 is 23.6. The van der Waals surface area contributed by atoms with Gasteiger partial charge in [0.15, 0.2) is 0 Å². The fourth-order valence-electron chi connectivity index (χ4n) is 8.69. The zero-order valence-corrected chi connectivity index (χ0v) is 48.0. The molecular formula is C61H116N2O7P+. The van der Waals surface area contributed by atoms with Gasteiger partial charge in [-0.3, -0.25) is 13.8 Å². The Bertz CT molecular complexity index is 1360. The lowest BCUT2D eigenvalue weighted by molar-refractivity contribution is -0.870. The van der Waals surface area contributed by atoms with E-state index in [1.54, 1.807) is 0 Å². The summed E-state index contributed by atoms with van der Waals surface area (Å²) in [6.45, 7) is 4.36. The number of carbonyl (C=O) groups excluding carboxylic acids is 1. The minimum Gasteiger partial charge on any atom is -0.390 e. The Hall–Kier alpha value is -1.84. The number of phosphoric ester groups is 1. The average molecular weight is 1020 g/mol. The molecule has 0 aromatic carbocycles. The normalized spacial score (nSPS) is 14.8. The molecule has 0 fully saturated rings. The predicted octanol–water partition coefficient (Wildman–Crippen LogP) is 17.1. The van der Waals surface area contributed by atoms with Gasteiger partial charge in [0.05, 0.1) is 39.9 Å². The highest BCUT2D eigenvalue weighted by molar-refractivity contribution is 7.47. The summed E-state index contributed by atoms with van der Waals surface area (Å²) in [5.74, 6) is -0.272. The molecule has 0 aliphatic heterocycles. The molecule has 0 aliphatic rings. The molecule has 0 saturated heterocycles. The van der Waals surface area contributed by atoms with E-state index in [1.165, 1.54) is 173 Å². The van der Waals surface area contributed by atoms with Crippen LogP contribution in [0.5, 0.6) is 0 Å². The monoisotopic (exact) mass is 1020 g/mol. The number of phosphoric acid groups is 1. The van der Waals surface area contributed by atoms with Gasteiger partial charge in [0.2, 0.25) is 5.91 Å². The van der Waals surface area contributed by atoms with Crippen molar-refractivity contribution in [2.45, 2.75) is 283 Å². The Balaban J connectivity index is 4.03. The predicted molar refractivity (Wildman–Crippen MR) is 306 cm³/mol. The number of quaternary nitrogens is 1. The number of carbonyl (C=O) groups is 1. The van der Waals surface area contributed by atoms with Crippen LogP contribution in [-0.4, -0.2) is 84.6 Å². The Morgan fingerprint density at radius 2 is 0.901 bits per heavy atom. The van der Waals surface area contributed by atoms with Crippen LogP contribution >= 0.6 is 7.82 Å². The maximum atomic E-state index is 13.0. The van der Waals surface area contributed by atoms with E-state index >= 15 is 0 Å². The molecule has 0 rings (SSSR count). The molecule has 4 N–H and O–H groups in total. The van der Waals surface area contributed by atoms with Crippen LogP contribution in [0.25, 0.3) is 0 Å². The van der Waals surface area contributed by atoms with Crippen molar-refractivity contribution < 1.29 is 38.0 Å². The first kappa shape index (κ1) is 69.2. The number of amides is 1. The summed E-state index contributed by atoms with van der Waals surface area (Å²) in [6, 6.07) is -1.06. The quantitative estimate of drug-likeness (QED) is 0.0207. The summed E-state index contributed by atoms with van der Waals surface area (Å²) in [6.07, 6.45) is 66.4. The van der Waals surface area contributed by atoms with Gasteiger partial charge in [0.25, 0.3) is 0 Å². The molecule has 0 bridgehead atoms. The molecule has 0 spiro atoms. The van der Waals surface area contributed by atoms with Gasteiger partial charge in [-0.1, -0.05) is 228 Å². The minimum atomic E-state index is -4.43. The van der Waals surface area contributed by atoms with Gasteiger partial charge in [0.1, 0.15) is 19.3 Å². The van der Waals surface area contributed by atoms with E-state index in [4.69, 9.17) is 9.05 Å². The molecule has 71 heavy (non-hydrogen) atoms. The Morgan fingerprint density at radius 1 is 0.521 bits per heavy atom. The van der Waals surface area contributed by atoms with Crippen LogP contribution < -0.4 is 5.32 Å². The van der Waals surface area contributed by atoms with E-state index in [-0.39, 0.29) is 18.9 Å². The molecule has 0 saturated carbocycles. The largest absolute Gasteiger partial charge is 0.472 e. The highest BCUT2D eigenvalue weighted by Gasteiger charge is 2.31. The van der Waals surface area contributed by atoms with Crippen molar-refractivity contribution in [1.29, 1.82) is 0 Å². The summed E-state index contributed by atoms with van der Waals surface area (Å²) >= 11 is 0. The van der Waals surface area contributed by atoms with E-state index < -0.39 is 32.7 Å². The van der Waals surface area contributed by atoms with Crippen LogP contribution in [0.3, 0.4) is 0 Å². The average Bonchev–Trinajstić information content (AvgIpc) is 3.33. The molecule has 0 aliphatic carbocycles. The smallest absolute Gasteiger partial charge is 0.390 e. The third-order valence-corrected chi connectivity index (χ3v) is 14.4. The first-order valence-electron chi connectivity index (χ1n) is 29.7. The summed E-state index contributed by atoms with van der Waals surface area (Å²) in [7, 11) is 1.41. The molecule has 0 aromatic heterocycles. The van der Waals surface area contributed by atoms with E-state index in [9.17, 15) is 24.5 Å². The van der Waals surface area contributed by atoms with Gasteiger partial charge in [0, 0.05) is 6.42 Å². The maximum Gasteiger partial charge on any atom is 0.472 e. The molecule has 0 aromatic rings. The number of hydrogen-bond donors (Lipinski definition) is 4. The standard InChI is InChI=1S/C61H115N2O7P/c1-6-8-10-12-14-16-18-20-21-22-23-24-25-26-27-28-29-30-31-32-33-34-35-36-37-38-39-40-41-42-44-46-48-50-52-54-60(65)62-58(57-70-71(67,68)69-56-55-63(3,4)5)61(66)59(64)53-51-49-47-45-43-19-17-15-13-11-9-7-2/h7,9,15,17-18,20,22-23,45,47,58-59,61,64,66H,6,8,10-14,16,19,21,24-44,46,48-57H2,1-5H3,(H-,62,65,67,68)/p+1/b9-7+,17-15+,20-18-,23-22-,47-45+. The fourth-order valence-corrected chi connectivity index (χ4v) is 9.42. The maximum absolute atomic E-state index is 13.0. The van der Waals surface area contributed by atoms with Gasteiger partial charge in [-0.05, 0) is 90.4 Å². The van der Waals surface area contributed by atoms with E-state index in [0.717, 1.165) is 57.8 Å². The summed E-state index contributed by atoms with van der Waals surface area (Å²) in [4.78, 5) is 23.3. The van der Waals surface area contributed by atoms with Crippen molar-refractivity contribution in [1.82, 2.24) is 5.32 Å². The lowest BCUT2D eigenvalue weighted by atomic mass is 10.0. The zero-order valence-electron chi connectivity index (χ0n) is 47.1. The van der Waals surface area contributed by atoms with Crippen molar-refractivity contribution in [3.05, 3.63) is 60.8 Å². The number of aliphatic hydroxyl groups excluding tert-OH is 2. The van der Waals surface area contributed by atoms with E-state index in [1.807, 2.05) is 28.1 Å². The van der Waals surface area contributed by atoms with Gasteiger partial charge in [-0.25, -0.2) is 4.57 Å². The second-order valence-corrected chi connectivity index (χ2v) is 22.9. The third-order valence-electron chi connectivity index (χ3n) is 13.4. The molecule has 10 heteroatoms. The second-order valence-electron chi connectivity index (χ2n) is 21.5. The van der Waals surface area contributed by atoms with Crippen molar-refractivity contribution in [2.75, 3.05) is 40.9 Å². The molecule has 4 atom stereocenters. The number of likely N-dealkylation sites (N-methyl/N-ethyl adjacent to an activating group) is 1. The van der Waals surface area contributed by atoms with Crippen LogP contribution in [0.2, 0.25) is 0 Å². The minimum absolute atomic E-state index is 0.0119. The van der Waals surface area contributed by atoms with Crippen LogP contribution in [0.1, 0.15) is 264 Å². The van der Waals surface area contributed by atoms with Crippen molar-refractivity contribution >= 4 is 13.7 Å². The van der Waals surface area contributed by atoms with Gasteiger partial charge in [-0.2, -0.15) is 0 Å². The van der Waals surface area contributed by atoms with E-state index in [0.29, 0.717) is 23.9 Å². The van der Waals surface area contributed by atoms with Gasteiger partial charge >= 0.3 is 7.82 Å². The highest BCUT2D eigenvalue weighted by atomic mass is 31.2. The van der Waals surface area contributed by atoms with Crippen LogP contribution in [0.4, 0.5) is 0 Å². The number of nitrogens with one attached hydrogen (secondary N) is 1. The molecule has 0 radical (unpaired) electrons. The number of nitrogens with zero attached hydrogens (tertiary/aromatic N) is 1. The topological polar surface area (TPSA) is 125 Å². The lowest BCUT2D eigenvalue weighted by Gasteiger charge is -2.28. The van der Waals surface area contributed by atoms with Crippen molar-refractivity contribution in [2.24, 2.45) is 0 Å². The molecule has 9 nitrogen and oxygen atoms in total. The first-order valence-corrected chi connectivity index (χ1v) is 31.2. The zero-order chi connectivity index (χ0) is 52.2. The van der Waals surface area contributed by atoms with Crippen LogP contribution in [0.15, 0.2) is 60.8 Å². The first-order chi connectivity index (χ1) is 34.4. The summed E-state index contributed by atoms with van der Waals surface area (Å²) in [5.41, 5.74) is 0. The van der Waals surface area contributed by atoms with E-state index in [2.05, 4.69) is 73.0 Å². The third kappa shape index (κ3) is 52.8. The van der Waals surface area contributed by atoms with Gasteiger partial charge in [-0.15, -0.1) is 0 Å². The lowest BCUT2D eigenvalue weighted by Crippen LogP contribution is -2.51. The number of unbranched alkanes of at least 4 members (excludes halogenated alkanes) is 31. The van der Waals surface area contributed by atoms with Gasteiger partial charge < -0.3 is 24.9 Å². The number of allylic oxidation sites excluding steroid dienone is 10. The molecule has 4 unspecified atom stereocenters. The SMILES string of the molecule is C/C=C/CC/C=C/CC/C=C/CCCC(O)C(O)C(COP(=O)(O)OCC[N+](C)(C)C)NC(=O)CCCCCCCCCCCCCCCCCCCCCCCCC/C=C\C/C=C\CCCCCCC. The highest BCUT2D eigenvalue weighted by Crippen LogP contribution is 2.43. The molecule has 0 heterocycles. The van der Waals surface area contributed by atoms with Crippen LogP contribution in [-0.2, 0) is 18.4 Å². The number of hydrogen-bond acceptors (Lipinski definition) is 6. The Labute approximate surface area is 439 Å². The van der Waals surface area contributed by atoms with Crippen LogP contribution in [0, 0.1) is 0 Å². The molecule has 1 amide bonds. The molecular weight excluding hydrogens is 904 g/mol. The number of rotatable bonds is 54. The Morgan fingerprint density at radius 3 is 1.34 bits per heavy atom. The second kappa shape index (κ2) is 51.6. The fraction of sp³-hybridized carbons (Fsp3) is 0.820. The molecule has 416 valence electrons. The Kier molecular flexibility index (Phi) is 50.3. The van der Waals surface area contributed by atoms with Crippen molar-refractivity contribution in [3.8, 4) is 0 Å². The summed E-state index contributed by atoms with van der Waals surface area (Å²) in [5, 5.41) is 24.7. The van der Waals surface area contributed by atoms with Crippen molar-refractivity contribution in [3.63, 3.8) is 0 Å².